The summed E-state index contributed by atoms with van der Waals surface area (Å²) in [6.45, 7) is 2.56. The molecule has 0 heterocycles. The van der Waals surface area contributed by atoms with Crippen molar-refractivity contribution in [2.75, 3.05) is 6.67 Å². The van der Waals surface area contributed by atoms with Gasteiger partial charge in [0.15, 0.2) is 0 Å². The fraction of sp³-hybridized carbons (Fsp3) is 0.300. The molecule has 0 radical (unpaired) electrons. The Bertz CT molecular complexity index is 248. The monoisotopic (exact) mass is 178 g/mol. The molecule has 1 aromatic rings. The number of nitrogens with one attached hydrogen (secondary N) is 2. The minimum Gasteiger partial charge on any atom is -0.346 e. The molecule has 3 nitrogen and oxygen atoms in total. The van der Waals surface area contributed by atoms with E-state index in [1.807, 2.05) is 18.2 Å². The van der Waals surface area contributed by atoms with Crippen LogP contribution in [0.4, 0.5) is 0 Å². The summed E-state index contributed by atoms with van der Waals surface area (Å²) >= 11 is 0. The van der Waals surface area contributed by atoms with Crippen LogP contribution in [0.1, 0.15) is 18.5 Å². The molecular formula is C10H14N2O. The lowest BCUT2D eigenvalue weighted by Crippen LogP contribution is -2.29. The molecule has 0 bridgehead atoms. The van der Waals surface area contributed by atoms with Crippen molar-refractivity contribution >= 4 is 6.41 Å². The van der Waals surface area contributed by atoms with Crippen LogP contribution in [0.15, 0.2) is 30.3 Å². The van der Waals surface area contributed by atoms with Gasteiger partial charge in [0.1, 0.15) is 0 Å². The molecule has 0 spiro atoms. The molecule has 1 atom stereocenters. The predicted molar refractivity (Wildman–Crippen MR) is 52.1 cm³/mol. The third-order valence-corrected chi connectivity index (χ3v) is 1.89. The summed E-state index contributed by atoms with van der Waals surface area (Å²) in [5, 5.41) is 5.71. The van der Waals surface area contributed by atoms with Crippen LogP contribution in [-0.2, 0) is 4.79 Å². The summed E-state index contributed by atoms with van der Waals surface area (Å²) in [4.78, 5) is 9.97. The quantitative estimate of drug-likeness (QED) is 0.402. The summed E-state index contributed by atoms with van der Waals surface area (Å²) in [6, 6.07) is 10.4. The Kier molecular flexibility index (Phi) is 3.99. The van der Waals surface area contributed by atoms with Crippen molar-refractivity contribution in [3.63, 3.8) is 0 Å². The minimum atomic E-state index is 0.258. The first-order valence-electron chi connectivity index (χ1n) is 4.30. The number of carbonyl (C=O) groups excluding carboxylic acids is 1. The van der Waals surface area contributed by atoms with E-state index in [-0.39, 0.29) is 6.04 Å². The van der Waals surface area contributed by atoms with Gasteiger partial charge in [0.25, 0.3) is 0 Å². The maximum Gasteiger partial charge on any atom is 0.208 e. The Hall–Kier alpha value is -1.35. The summed E-state index contributed by atoms with van der Waals surface area (Å²) < 4.78 is 0. The van der Waals surface area contributed by atoms with E-state index in [2.05, 4.69) is 29.7 Å². The van der Waals surface area contributed by atoms with Crippen molar-refractivity contribution in [3.8, 4) is 0 Å². The summed E-state index contributed by atoms with van der Waals surface area (Å²) in [6.07, 6.45) is 0.685. The molecule has 0 fully saturated rings. The van der Waals surface area contributed by atoms with Crippen molar-refractivity contribution in [1.29, 1.82) is 0 Å². The van der Waals surface area contributed by atoms with Gasteiger partial charge in [-0.15, -0.1) is 0 Å². The highest BCUT2D eigenvalue weighted by atomic mass is 16.1. The van der Waals surface area contributed by atoms with Gasteiger partial charge in [0.2, 0.25) is 6.41 Å². The molecule has 0 aliphatic carbocycles. The van der Waals surface area contributed by atoms with E-state index in [9.17, 15) is 4.79 Å². The molecule has 1 amide bonds. The molecule has 2 N–H and O–H groups in total. The van der Waals surface area contributed by atoms with Crippen LogP contribution in [0.2, 0.25) is 0 Å². The standard InChI is InChI=1S/C10H14N2O/c1-9(12-7-11-8-13)10-5-3-2-4-6-10/h2-6,8-9,12H,7H2,1H3,(H,11,13)/t9-/m1/s1. The SMILES string of the molecule is C[C@@H](NCNC=O)c1ccccc1. The molecule has 0 saturated heterocycles. The van der Waals surface area contributed by atoms with Crippen molar-refractivity contribution in [2.45, 2.75) is 13.0 Å². The first-order chi connectivity index (χ1) is 6.34. The van der Waals surface area contributed by atoms with E-state index in [0.29, 0.717) is 13.1 Å². The minimum absolute atomic E-state index is 0.258. The van der Waals surface area contributed by atoms with E-state index < -0.39 is 0 Å². The van der Waals surface area contributed by atoms with Crippen molar-refractivity contribution < 1.29 is 4.79 Å². The third-order valence-electron chi connectivity index (χ3n) is 1.89. The molecule has 70 valence electrons. The van der Waals surface area contributed by atoms with Crippen LogP contribution < -0.4 is 10.6 Å². The molecular weight excluding hydrogens is 164 g/mol. The van der Waals surface area contributed by atoms with Gasteiger partial charge in [-0.05, 0) is 12.5 Å². The Labute approximate surface area is 78.2 Å². The zero-order chi connectivity index (χ0) is 9.52. The van der Waals surface area contributed by atoms with Crippen molar-refractivity contribution in [3.05, 3.63) is 35.9 Å². The normalized spacial score (nSPS) is 12.1. The molecule has 3 heteroatoms. The van der Waals surface area contributed by atoms with Crippen LogP contribution in [-0.4, -0.2) is 13.1 Å². The number of benzene rings is 1. The molecule has 0 aromatic heterocycles. The zero-order valence-electron chi connectivity index (χ0n) is 7.66. The highest BCUT2D eigenvalue weighted by molar-refractivity contribution is 5.45. The van der Waals surface area contributed by atoms with E-state index in [1.165, 1.54) is 5.56 Å². The Balaban J connectivity index is 2.39. The van der Waals surface area contributed by atoms with Crippen LogP contribution >= 0.6 is 0 Å². The number of carbonyl (C=O) groups is 1. The third kappa shape index (κ3) is 3.25. The van der Waals surface area contributed by atoms with Crippen LogP contribution in [0, 0.1) is 0 Å². The van der Waals surface area contributed by atoms with Gasteiger partial charge >= 0.3 is 0 Å². The van der Waals surface area contributed by atoms with Gasteiger partial charge in [0.05, 0.1) is 6.67 Å². The summed E-state index contributed by atoms with van der Waals surface area (Å²) in [5.74, 6) is 0. The molecule has 13 heavy (non-hydrogen) atoms. The van der Waals surface area contributed by atoms with E-state index in [0.717, 1.165) is 0 Å². The summed E-state index contributed by atoms with van der Waals surface area (Å²) in [5.41, 5.74) is 1.22. The highest BCUT2D eigenvalue weighted by Crippen LogP contribution is 2.09. The largest absolute Gasteiger partial charge is 0.346 e. The van der Waals surface area contributed by atoms with Crippen molar-refractivity contribution in [2.24, 2.45) is 0 Å². The molecule has 0 saturated carbocycles. The fourth-order valence-electron chi connectivity index (χ4n) is 1.11. The van der Waals surface area contributed by atoms with Crippen LogP contribution in [0.3, 0.4) is 0 Å². The first-order valence-corrected chi connectivity index (χ1v) is 4.30. The smallest absolute Gasteiger partial charge is 0.208 e. The molecule has 0 aliphatic rings. The Morgan fingerprint density at radius 2 is 2.08 bits per heavy atom. The fourth-order valence-corrected chi connectivity index (χ4v) is 1.11. The van der Waals surface area contributed by atoms with Gasteiger partial charge in [0, 0.05) is 6.04 Å². The van der Waals surface area contributed by atoms with Gasteiger partial charge in [-0.3, -0.25) is 10.1 Å². The maximum absolute atomic E-state index is 9.97. The highest BCUT2D eigenvalue weighted by Gasteiger charge is 2.01. The maximum atomic E-state index is 9.97. The molecule has 1 rings (SSSR count). The Morgan fingerprint density at radius 3 is 2.69 bits per heavy atom. The second-order valence-corrected chi connectivity index (χ2v) is 2.84. The second kappa shape index (κ2) is 5.32. The van der Waals surface area contributed by atoms with Gasteiger partial charge in [-0.1, -0.05) is 30.3 Å². The lowest BCUT2D eigenvalue weighted by Gasteiger charge is -2.13. The number of hydrogen-bond acceptors (Lipinski definition) is 2. The van der Waals surface area contributed by atoms with E-state index in [4.69, 9.17) is 0 Å². The Morgan fingerprint density at radius 1 is 1.38 bits per heavy atom. The van der Waals surface area contributed by atoms with Crippen LogP contribution in [0.5, 0.6) is 0 Å². The average Bonchev–Trinajstić information content (AvgIpc) is 2.19. The number of hydrogen-bond donors (Lipinski definition) is 2. The van der Waals surface area contributed by atoms with Crippen LogP contribution in [0.25, 0.3) is 0 Å². The van der Waals surface area contributed by atoms with Gasteiger partial charge in [-0.25, -0.2) is 0 Å². The second-order valence-electron chi connectivity index (χ2n) is 2.84. The van der Waals surface area contributed by atoms with Gasteiger partial charge < -0.3 is 5.32 Å². The molecule has 0 aliphatic heterocycles. The molecule has 1 aromatic carbocycles. The van der Waals surface area contributed by atoms with E-state index in [1.54, 1.807) is 0 Å². The molecule has 0 unspecified atom stereocenters. The lowest BCUT2D eigenvalue weighted by molar-refractivity contribution is -0.109. The first kappa shape index (κ1) is 9.74. The van der Waals surface area contributed by atoms with Gasteiger partial charge in [-0.2, -0.15) is 0 Å². The predicted octanol–water partition coefficient (Wildman–Crippen LogP) is 1.04. The average molecular weight is 178 g/mol. The summed E-state index contributed by atoms with van der Waals surface area (Å²) in [7, 11) is 0. The van der Waals surface area contributed by atoms with Crippen molar-refractivity contribution in [1.82, 2.24) is 10.6 Å². The lowest BCUT2D eigenvalue weighted by atomic mass is 10.1. The topological polar surface area (TPSA) is 41.1 Å². The number of amides is 1. The zero-order valence-corrected chi connectivity index (χ0v) is 7.66. The number of rotatable bonds is 5. The van der Waals surface area contributed by atoms with E-state index >= 15 is 0 Å².